The summed E-state index contributed by atoms with van der Waals surface area (Å²) in [4.78, 5) is 10.9. The predicted octanol–water partition coefficient (Wildman–Crippen LogP) is 2.48. The first-order valence-corrected chi connectivity index (χ1v) is 8.20. The number of carbonyl (C=O) groups is 1. The molecule has 2 rings (SSSR count). The van der Waals surface area contributed by atoms with E-state index in [0.29, 0.717) is 12.8 Å². The highest BCUT2D eigenvalue weighted by molar-refractivity contribution is 7.89. The molecule has 20 heavy (non-hydrogen) atoms. The maximum Gasteiger partial charge on any atom is 0.307 e. The summed E-state index contributed by atoms with van der Waals surface area (Å²) in [5, 5.41) is 9.10. The Bertz CT molecular complexity index is 612. The summed E-state index contributed by atoms with van der Waals surface area (Å²) < 4.78 is 26.3. The van der Waals surface area contributed by atoms with Crippen molar-refractivity contribution in [2.75, 3.05) is 13.1 Å². The Morgan fingerprint density at radius 1 is 1.30 bits per heavy atom. The highest BCUT2D eigenvalue weighted by atomic mass is 35.5. The molecule has 0 spiro atoms. The van der Waals surface area contributed by atoms with E-state index in [2.05, 4.69) is 0 Å². The van der Waals surface area contributed by atoms with Crippen LogP contribution in [0.1, 0.15) is 12.8 Å². The summed E-state index contributed by atoms with van der Waals surface area (Å²) in [6, 6.07) is 4.44. The van der Waals surface area contributed by atoms with E-state index >= 15 is 0 Å². The average molecular weight is 338 g/mol. The third kappa shape index (κ3) is 2.93. The molecule has 0 aliphatic carbocycles. The van der Waals surface area contributed by atoms with Crippen LogP contribution in [0.4, 0.5) is 0 Å². The normalized spacial score (nSPS) is 20.8. The summed E-state index contributed by atoms with van der Waals surface area (Å²) in [6.45, 7) is 0.215. The number of piperidine rings is 1. The van der Waals surface area contributed by atoms with Crippen LogP contribution in [0.5, 0.6) is 0 Å². The van der Waals surface area contributed by atoms with Crippen molar-refractivity contribution < 1.29 is 18.3 Å². The van der Waals surface area contributed by atoms with Gasteiger partial charge in [-0.25, -0.2) is 8.42 Å². The molecule has 1 heterocycles. The quantitative estimate of drug-likeness (QED) is 0.919. The lowest BCUT2D eigenvalue weighted by atomic mass is 10.0. The smallest absolute Gasteiger partial charge is 0.307 e. The molecule has 1 saturated heterocycles. The van der Waals surface area contributed by atoms with E-state index < -0.39 is 21.9 Å². The van der Waals surface area contributed by atoms with Gasteiger partial charge >= 0.3 is 5.97 Å². The van der Waals surface area contributed by atoms with E-state index in [9.17, 15) is 13.2 Å². The Morgan fingerprint density at radius 3 is 2.45 bits per heavy atom. The Hall–Kier alpha value is -0.820. The predicted molar refractivity (Wildman–Crippen MR) is 75.6 cm³/mol. The van der Waals surface area contributed by atoms with Gasteiger partial charge in [-0.1, -0.05) is 29.3 Å². The van der Waals surface area contributed by atoms with Gasteiger partial charge in [0.1, 0.15) is 4.90 Å². The zero-order valence-corrected chi connectivity index (χ0v) is 12.7. The van der Waals surface area contributed by atoms with Crippen molar-refractivity contribution in [1.82, 2.24) is 4.31 Å². The molecule has 0 saturated carbocycles. The van der Waals surface area contributed by atoms with Crippen LogP contribution in [-0.2, 0) is 14.8 Å². The molecule has 0 bridgehead atoms. The van der Waals surface area contributed by atoms with Gasteiger partial charge in [0.15, 0.2) is 0 Å². The summed E-state index contributed by atoms with van der Waals surface area (Å²) in [6.07, 6.45) is 0.968. The van der Waals surface area contributed by atoms with E-state index in [-0.39, 0.29) is 28.0 Å². The molecule has 0 radical (unpaired) electrons. The second-order valence-electron chi connectivity index (χ2n) is 4.59. The number of aliphatic carboxylic acids is 1. The van der Waals surface area contributed by atoms with Crippen LogP contribution in [-0.4, -0.2) is 36.9 Å². The van der Waals surface area contributed by atoms with Crippen LogP contribution in [0.3, 0.4) is 0 Å². The number of sulfonamides is 1. The summed E-state index contributed by atoms with van der Waals surface area (Å²) in [5.41, 5.74) is 0. The number of halogens is 2. The van der Waals surface area contributed by atoms with Crippen molar-refractivity contribution in [2.45, 2.75) is 17.7 Å². The van der Waals surface area contributed by atoms with Crippen LogP contribution < -0.4 is 0 Å². The first-order valence-electron chi connectivity index (χ1n) is 6.01. The Kier molecular flexibility index (Phi) is 4.59. The zero-order valence-electron chi connectivity index (χ0n) is 10.4. The van der Waals surface area contributed by atoms with Gasteiger partial charge in [-0.3, -0.25) is 4.79 Å². The number of benzene rings is 1. The minimum atomic E-state index is -3.88. The van der Waals surface area contributed by atoms with E-state index in [1.807, 2.05) is 0 Å². The van der Waals surface area contributed by atoms with Crippen molar-refractivity contribution in [3.63, 3.8) is 0 Å². The van der Waals surface area contributed by atoms with Gasteiger partial charge < -0.3 is 5.11 Å². The molecule has 0 aromatic heterocycles. The van der Waals surface area contributed by atoms with Crippen molar-refractivity contribution in [1.29, 1.82) is 0 Å². The van der Waals surface area contributed by atoms with Gasteiger partial charge in [0.25, 0.3) is 0 Å². The molecule has 1 fully saturated rings. The molecule has 0 unspecified atom stereocenters. The van der Waals surface area contributed by atoms with Gasteiger partial charge in [0.05, 0.1) is 16.0 Å². The zero-order chi connectivity index (χ0) is 14.9. The summed E-state index contributed by atoms with van der Waals surface area (Å²) in [5.74, 6) is -1.69. The van der Waals surface area contributed by atoms with Crippen molar-refractivity contribution >= 4 is 39.2 Å². The monoisotopic (exact) mass is 337 g/mol. The second-order valence-corrected chi connectivity index (χ2v) is 7.28. The topological polar surface area (TPSA) is 74.7 Å². The number of carboxylic acids is 1. The summed E-state index contributed by atoms with van der Waals surface area (Å²) >= 11 is 11.9. The van der Waals surface area contributed by atoms with Gasteiger partial charge in [-0.2, -0.15) is 4.31 Å². The highest BCUT2D eigenvalue weighted by Crippen LogP contribution is 2.33. The molecule has 1 N–H and O–H groups in total. The molecule has 1 atom stereocenters. The number of nitrogens with zero attached hydrogens (tertiary/aromatic N) is 1. The van der Waals surface area contributed by atoms with Crippen molar-refractivity contribution in [3.05, 3.63) is 28.2 Å². The van der Waals surface area contributed by atoms with E-state index in [0.717, 1.165) is 4.31 Å². The molecule has 110 valence electrons. The van der Waals surface area contributed by atoms with Crippen LogP contribution in [0.2, 0.25) is 10.0 Å². The number of hydrogen-bond donors (Lipinski definition) is 1. The summed E-state index contributed by atoms with van der Waals surface area (Å²) in [7, 11) is -3.88. The fourth-order valence-electron chi connectivity index (χ4n) is 2.22. The number of carboxylic acid groups (broad SMARTS) is 1. The molecule has 0 amide bonds. The van der Waals surface area contributed by atoms with Gasteiger partial charge in [0, 0.05) is 13.1 Å². The molecule has 1 aromatic rings. The molecule has 1 aromatic carbocycles. The second kappa shape index (κ2) is 5.89. The lowest BCUT2D eigenvalue weighted by Gasteiger charge is -2.30. The van der Waals surface area contributed by atoms with E-state index in [4.69, 9.17) is 28.3 Å². The third-order valence-electron chi connectivity index (χ3n) is 3.25. The fraction of sp³-hybridized carbons (Fsp3) is 0.417. The minimum Gasteiger partial charge on any atom is -0.481 e. The average Bonchev–Trinajstić information content (AvgIpc) is 2.38. The molecular weight excluding hydrogens is 325 g/mol. The first-order chi connectivity index (χ1) is 9.34. The Labute approximate surface area is 127 Å². The maximum absolute atomic E-state index is 12.6. The van der Waals surface area contributed by atoms with E-state index in [1.165, 1.54) is 12.1 Å². The lowest BCUT2D eigenvalue weighted by molar-refractivity contribution is -0.142. The van der Waals surface area contributed by atoms with E-state index in [1.54, 1.807) is 6.07 Å². The van der Waals surface area contributed by atoms with Gasteiger partial charge in [-0.05, 0) is 25.0 Å². The molecule has 8 heteroatoms. The SMILES string of the molecule is O=C(O)[C@H]1CCCN(S(=O)(=O)c2c(Cl)cccc2Cl)C1. The first kappa shape index (κ1) is 15.6. The Balaban J connectivity index is 2.38. The van der Waals surface area contributed by atoms with Crippen LogP contribution in [0.15, 0.2) is 23.1 Å². The standard InChI is InChI=1S/C12H13Cl2NO4S/c13-9-4-1-5-10(14)11(9)20(18,19)15-6-2-3-8(7-15)12(16)17/h1,4-5,8H,2-3,6-7H2,(H,16,17)/t8-/m0/s1. The van der Waals surface area contributed by atoms with Crippen LogP contribution in [0.25, 0.3) is 0 Å². The third-order valence-corrected chi connectivity index (χ3v) is 6.07. The molecule has 1 aliphatic heterocycles. The number of hydrogen-bond acceptors (Lipinski definition) is 3. The largest absolute Gasteiger partial charge is 0.481 e. The number of rotatable bonds is 3. The van der Waals surface area contributed by atoms with Crippen LogP contribution in [0, 0.1) is 5.92 Å². The molecular formula is C12H13Cl2NO4S. The minimum absolute atomic E-state index is 0.0370. The Morgan fingerprint density at radius 2 is 1.90 bits per heavy atom. The van der Waals surface area contributed by atoms with Crippen molar-refractivity contribution in [3.8, 4) is 0 Å². The molecule has 5 nitrogen and oxygen atoms in total. The fourth-order valence-corrected chi connectivity index (χ4v) is 4.84. The maximum atomic E-state index is 12.6. The van der Waals surface area contributed by atoms with Crippen molar-refractivity contribution in [2.24, 2.45) is 5.92 Å². The van der Waals surface area contributed by atoms with Gasteiger partial charge in [-0.15, -0.1) is 0 Å². The molecule has 1 aliphatic rings. The lowest BCUT2D eigenvalue weighted by Crippen LogP contribution is -2.42. The highest BCUT2D eigenvalue weighted by Gasteiger charge is 2.35. The van der Waals surface area contributed by atoms with Crippen LogP contribution >= 0.6 is 23.2 Å². The van der Waals surface area contributed by atoms with Gasteiger partial charge in [0.2, 0.25) is 10.0 Å².